The average Bonchev–Trinajstić information content (AvgIpc) is 2.29. The molecule has 0 aliphatic heterocycles. The van der Waals surface area contributed by atoms with Crippen molar-refractivity contribution in [1.29, 1.82) is 5.26 Å². The van der Waals surface area contributed by atoms with E-state index in [2.05, 4.69) is 15.9 Å². The van der Waals surface area contributed by atoms with Crippen LogP contribution in [0, 0.1) is 11.3 Å². The van der Waals surface area contributed by atoms with Gasteiger partial charge in [0.25, 0.3) is 5.91 Å². The molecule has 17 heavy (non-hydrogen) atoms. The van der Waals surface area contributed by atoms with E-state index in [9.17, 15) is 4.79 Å². The fraction of sp³-hybridized carbons (Fsp3) is 0.333. The average molecular weight is 296 g/mol. The molecule has 0 radical (unpaired) electrons. The van der Waals surface area contributed by atoms with Gasteiger partial charge in [-0.15, -0.1) is 0 Å². The Balaban J connectivity index is 2.90. The summed E-state index contributed by atoms with van der Waals surface area (Å²) < 4.78 is 0.839. The van der Waals surface area contributed by atoms with Crippen LogP contribution in [0.25, 0.3) is 0 Å². The van der Waals surface area contributed by atoms with Crippen LogP contribution < -0.4 is 5.73 Å². The Morgan fingerprint density at radius 2 is 2.29 bits per heavy atom. The highest BCUT2D eigenvalue weighted by Crippen LogP contribution is 2.20. The largest absolute Gasteiger partial charge is 0.398 e. The van der Waals surface area contributed by atoms with E-state index >= 15 is 0 Å². The molecule has 0 fully saturated rings. The van der Waals surface area contributed by atoms with Crippen molar-refractivity contribution >= 4 is 27.5 Å². The second kappa shape index (κ2) is 6.26. The van der Waals surface area contributed by atoms with Crippen LogP contribution in [-0.4, -0.2) is 23.9 Å². The summed E-state index contributed by atoms with van der Waals surface area (Å²) >= 11 is 3.29. The van der Waals surface area contributed by atoms with Gasteiger partial charge in [-0.05, 0) is 25.1 Å². The highest BCUT2D eigenvalue weighted by Gasteiger charge is 2.16. The number of amides is 1. The SMILES string of the molecule is CCN(CCC#N)C(=O)c1ccc(Br)cc1N. The second-order valence-electron chi connectivity index (χ2n) is 3.52. The lowest BCUT2D eigenvalue weighted by atomic mass is 10.1. The number of halogens is 1. The molecule has 1 amide bonds. The molecule has 0 saturated heterocycles. The lowest BCUT2D eigenvalue weighted by Gasteiger charge is -2.20. The number of rotatable bonds is 4. The predicted molar refractivity (Wildman–Crippen MR) is 70.4 cm³/mol. The first-order valence-electron chi connectivity index (χ1n) is 5.31. The van der Waals surface area contributed by atoms with Gasteiger partial charge in [0.05, 0.1) is 18.1 Å². The number of anilines is 1. The van der Waals surface area contributed by atoms with Crippen LogP contribution in [0.15, 0.2) is 22.7 Å². The number of nitrogens with zero attached hydrogens (tertiary/aromatic N) is 2. The van der Waals surface area contributed by atoms with E-state index in [4.69, 9.17) is 11.0 Å². The summed E-state index contributed by atoms with van der Waals surface area (Å²) in [5.41, 5.74) is 6.72. The maximum absolute atomic E-state index is 12.1. The van der Waals surface area contributed by atoms with Gasteiger partial charge in [0.15, 0.2) is 0 Å². The molecule has 90 valence electrons. The molecule has 2 N–H and O–H groups in total. The van der Waals surface area contributed by atoms with E-state index in [1.165, 1.54) is 0 Å². The van der Waals surface area contributed by atoms with E-state index in [1.54, 1.807) is 23.1 Å². The van der Waals surface area contributed by atoms with Crippen molar-refractivity contribution in [2.45, 2.75) is 13.3 Å². The molecule has 0 spiro atoms. The third-order valence-electron chi connectivity index (χ3n) is 2.41. The Kier molecular flexibility index (Phi) is 4.98. The number of hydrogen-bond donors (Lipinski definition) is 1. The van der Waals surface area contributed by atoms with Gasteiger partial charge in [-0.2, -0.15) is 5.26 Å². The molecular weight excluding hydrogens is 282 g/mol. The van der Waals surface area contributed by atoms with Gasteiger partial charge in [-0.25, -0.2) is 0 Å². The van der Waals surface area contributed by atoms with Crippen molar-refractivity contribution in [2.24, 2.45) is 0 Å². The van der Waals surface area contributed by atoms with Crippen LogP contribution in [0.4, 0.5) is 5.69 Å². The van der Waals surface area contributed by atoms with Crippen molar-refractivity contribution in [3.8, 4) is 6.07 Å². The maximum atomic E-state index is 12.1. The fourth-order valence-corrected chi connectivity index (χ4v) is 1.87. The highest BCUT2D eigenvalue weighted by molar-refractivity contribution is 9.10. The highest BCUT2D eigenvalue weighted by atomic mass is 79.9. The van der Waals surface area contributed by atoms with Gasteiger partial charge in [0.2, 0.25) is 0 Å². The van der Waals surface area contributed by atoms with Crippen LogP contribution in [0.2, 0.25) is 0 Å². The predicted octanol–water partition coefficient (Wildman–Crippen LogP) is 2.41. The number of carbonyl (C=O) groups is 1. The fourth-order valence-electron chi connectivity index (χ4n) is 1.49. The summed E-state index contributed by atoms with van der Waals surface area (Å²) in [7, 11) is 0. The number of hydrogen-bond acceptors (Lipinski definition) is 3. The molecule has 1 rings (SSSR count). The molecule has 0 bridgehead atoms. The number of carbonyl (C=O) groups excluding carboxylic acids is 1. The van der Waals surface area contributed by atoms with Crippen LogP contribution in [0.1, 0.15) is 23.7 Å². The number of benzene rings is 1. The normalized spacial score (nSPS) is 9.71. The topological polar surface area (TPSA) is 70.1 Å². The molecule has 0 heterocycles. The summed E-state index contributed by atoms with van der Waals surface area (Å²) in [6.45, 7) is 2.88. The molecule has 1 aromatic rings. The molecule has 0 atom stereocenters. The number of nitrogen functional groups attached to an aromatic ring is 1. The third-order valence-corrected chi connectivity index (χ3v) is 2.90. The van der Waals surface area contributed by atoms with Crippen molar-refractivity contribution in [2.75, 3.05) is 18.8 Å². The Morgan fingerprint density at radius 3 is 2.82 bits per heavy atom. The zero-order valence-electron chi connectivity index (χ0n) is 9.61. The molecule has 0 aromatic heterocycles. The van der Waals surface area contributed by atoms with Crippen molar-refractivity contribution < 1.29 is 4.79 Å². The quantitative estimate of drug-likeness (QED) is 0.867. The molecule has 0 aliphatic carbocycles. The zero-order valence-corrected chi connectivity index (χ0v) is 11.2. The first kappa shape index (κ1) is 13.5. The molecule has 0 aliphatic rings. The van der Waals surface area contributed by atoms with Crippen molar-refractivity contribution in [1.82, 2.24) is 4.90 Å². The van der Waals surface area contributed by atoms with E-state index < -0.39 is 0 Å². The molecule has 0 unspecified atom stereocenters. The maximum Gasteiger partial charge on any atom is 0.255 e. The van der Waals surface area contributed by atoms with Gasteiger partial charge in [0, 0.05) is 23.2 Å². The molecule has 5 heteroatoms. The zero-order chi connectivity index (χ0) is 12.8. The standard InChI is InChI=1S/C12H14BrN3O/c1-2-16(7-3-6-14)12(17)10-5-4-9(13)8-11(10)15/h4-5,8H,2-3,7,15H2,1H3. The molecule has 1 aromatic carbocycles. The van der Waals surface area contributed by atoms with Gasteiger partial charge in [0.1, 0.15) is 0 Å². The van der Waals surface area contributed by atoms with Crippen LogP contribution in [0.3, 0.4) is 0 Å². The minimum Gasteiger partial charge on any atom is -0.398 e. The van der Waals surface area contributed by atoms with Gasteiger partial charge in [-0.1, -0.05) is 15.9 Å². The Hall–Kier alpha value is -1.54. The number of nitrogens with two attached hydrogens (primary N) is 1. The van der Waals surface area contributed by atoms with Crippen molar-refractivity contribution in [3.05, 3.63) is 28.2 Å². The minimum absolute atomic E-state index is 0.132. The van der Waals surface area contributed by atoms with E-state index in [-0.39, 0.29) is 5.91 Å². The van der Waals surface area contributed by atoms with Crippen LogP contribution in [0.5, 0.6) is 0 Å². The lowest BCUT2D eigenvalue weighted by molar-refractivity contribution is 0.0769. The summed E-state index contributed by atoms with van der Waals surface area (Å²) in [6, 6.07) is 7.20. The monoisotopic (exact) mass is 295 g/mol. The van der Waals surface area contributed by atoms with E-state index in [0.717, 1.165) is 4.47 Å². The van der Waals surface area contributed by atoms with Gasteiger partial charge in [-0.3, -0.25) is 4.79 Å². The van der Waals surface area contributed by atoms with Crippen LogP contribution in [-0.2, 0) is 0 Å². The Labute approximate surface area is 109 Å². The summed E-state index contributed by atoms with van der Waals surface area (Å²) in [5, 5.41) is 8.54. The molecule has 0 saturated carbocycles. The lowest BCUT2D eigenvalue weighted by Crippen LogP contribution is -2.32. The Bertz CT molecular complexity index is 454. The molecular formula is C12H14BrN3O. The minimum atomic E-state index is -0.132. The summed E-state index contributed by atoms with van der Waals surface area (Å²) in [5.74, 6) is -0.132. The third kappa shape index (κ3) is 3.46. The smallest absolute Gasteiger partial charge is 0.255 e. The van der Waals surface area contributed by atoms with E-state index in [0.29, 0.717) is 30.8 Å². The van der Waals surface area contributed by atoms with Crippen LogP contribution >= 0.6 is 15.9 Å². The first-order valence-corrected chi connectivity index (χ1v) is 6.10. The second-order valence-corrected chi connectivity index (χ2v) is 4.44. The Morgan fingerprint density at radius 1 is 1.59 bits per heavy atom. The van der Waals surface area contributed by atoms with E-state index in [1.807, 2.05) is 13.0 Å². The van der Waals surface area contributed by atoms with Gasteiger partial charge < -0.3 is 10.6 Å². The molecule has 4 nitrogen and oxygen atoms in total. The van der Waals surface area contributed by atoms with Crippen molar-refractivity contribution in [3.63, 3.8) is 0 Å². The first-order chi connectivity index (χ1) is 8.10. The summed E-state index contributed by atoms with van der Waals surface area (Å²) in [4.78, 5) is 13.7. The van der Waals surface area contributed by atoms with Gasteiger partial charge >= 0.3 is 0 Å². The number of nitriles is 1. The summed E-state index contributed by atoms with van der Waals surface area (Å²) in [6.07, 6.45) is 0.329.